The predicted molar refractivity (Wildman–Crippen MR) is 197 cm³/mol. The van der Waals surface area contributed by atoms with Crippen LogP contribution in [0.15, 0.2) is 103 Å². The Morgan fingerprint density at radius 3 is 2.35 bits per heavy atom. The van der Waals surface area contributed by atoms with E-state index in [4.69, 9.17) is 14.8 Å². The van der Waals surface area contributed by atoms with Gasteiger partial charge in [-0.2, -0.15) is 17.2 Å². The van der Waals surface area contributed by atoms with Gasteiger partial charge in [0.2, 0.25) is 0 Å². The van der Waals surface area contributed by atoms with Gasteiger partial charge in [0.05, 0.1) is 5.69 Å². The minimum atomic E-state index is 0. The van der Waals surface area contributed by atoms with Crippen molar-refractivity contribution in [1.29, 1.82) is 0 Å². The minimum Gasteiger partial charge on any atom is -0.509 e. The Hall–Kier alpha value is -4.50. The number of para-hydroxylation sites is 1. The normalized spacial score (nSPS) is 11.4. The summed E-state index contributed by atoms with van der Waals surface area (Å²) in [5.41, 5.74) is 8.85. The second-order valence-corrected chi connectivity index (χ2v) is 12.9. The Balaban J connectivity index is 0.00000417. The molecule has 3 aromatic heterocycles. The van der Waals surface area contributed by atoms with Crippen molar-refractivity contribution < 1.29 is 25.2 Å². The summed E-state index contributed by atoms with van der Waals surface area (Å²) in [5.74, 6) is 2.38. The molecular formula is C43H42N4OPd. The van der Waals surface area contributed by atoms with E-state index in [2.05, 4.69) is 122 Å². The third kappa shape index (κ3) is 7.13. The molecule has 0 unspecified atom stereocenters. The van der Waals surface area contributed by atoms with E-state index in [9.17, 15) is 0 Å². The summed E-state index contributed by atoms with van der Waals surface area (Å²) >= 11 is 0. The first-order valence-corrected chi connectivity index (χ1v) is 17.3. The molecule has 0 radical (unpaired) electrons. The van der Waals surface area contributed by atoms with Crippen molar-refractivity contribution in [3.8, 4) is 34.1 Å². The zero-order chi connectivity index (χ0) is 33.0. The monoisotopic (exact) mass is 736 g/mol. The standard InChI is InChI=1S/C43H42N4O.Pd/c1-5-6-7-8-12-22-39-42(32-16-10-9-11-17-32)43(30(2)3)45-47(39)33-18-15-19-34(28-33)48-35-23-24-37-36-20-13-14-21-38(36)46(40(37)29-35)41-27-31(4)25-26-44-41;/h9-11,13-21,23-27,30H,5-8,12,22H2,1-4H3;/q-2;+2. The Kier molecular flexibility index (Phi) is 10.8. The maximum absolute atomic E-state index is 6.51. The number of rotatable bonds is 12. The quantitative estimate of drug-likeness (QED) is 0.0713. The second-order valence-electron chi connectivity index (χ2n) is 12.9. The SMILES string of the molecule is CCCCCCCc1c(-c2ccccc2)c(C(C)C)nn1-c1[c-]c(Oc2[c-]c3c(cc2)c2ccccc2n3-c2cc(C)ccn2)ccc1.[Pd+2]. The van der Waals surface area contributed by atoms with E-state index in [0.29, 0.717) is 11.5 Å². The van der Waals surface area contributed by atoms with Crippen molar-refractivity contribution in [2.75, 3.05) is 0 Å². The summed E-state index contributed by atoms with van der Waals surface area (Å²) in [6.07, 6.45) is 8.92. The summed E-state index contributed by atoms with van der Waals surface area (Å²) in [7, 11) is 0. The minimum absolute atomic E-state index is 0. The van der Waals surface area contributed by atoms with Crippen LogP contribution in [0.4, 0.5) is 0 Å². The van der Waals surface area contributed by atoms with Gasteiger partial charge in [-0.05, 0) is 66.1 Å². The first kappa shape index (κ1) is 34.4. The Labute approximate surface area is 303 Å². The van der Waals surface area contributed by atoms with E-state index in [1.165, 1.54) is 42.5 Å². The van der Waals surface area contributed by atoms with Gasteiger partial charge in [-0.3, -0.25) is 4.68 Å². The van der Waals surface area contributed by atoms with Crippen LogP contribution in [0.2, 0.25) is 0 Å². The molecule has 4 aromatic carbocycles. The van der Waals surface area contributed by atoms with Crippen molar-refractivity contribution in [2.45, 2.75) is 72.1 Å². The van der Waals surface area contributed by atoms with Gasteiger partial charge in [0.1, 0.15) is 5.82 Å². The number of aromatic nitrogens is 4. The Morgan fingerprint density at radius 1 is 0.776 bits per heavy atom. The summed E-state index contributed by atoms with van der Waals surface area (Å²) in [6.45, 7) is 8.81. The van der Waals surface area contributed by atoms with Crippen LogP contribution in [-0.4, -0.2) is 19.3 Å². The van der Waals surface area contributed by atoms with E-state index >= 15 is 0 Å². The third-order valence-electron chi connectivity index (χ3n) is 9.02. The van der Waals surface area contributed by atoms with Crippen molar-refractivity contribution in [3.05, 3.63) is 132 Å². The van der Waals surface area contributed by atoms with Crippen LogP contribution in [0.5, 0.6) is 11.5 Å². The molecule has 0 aliphatic heterocycles. The number of pyridine rings is 1. The maximum atomic E-state index is 6.51. The van der Waals surface area contributed by atoms with E-state index in [-0.39, 0.29) is 26.3 Å². The molecule has 49 heavy (non-hydrogen) atoms. The maximum Gasteiger partial charge on any atom is 2.00 e. The van der Waals surface area contributed by atoms with Crippen LogP contribution in [0.3, 0.4) is 0 Å². The molecule has 3 heterocycles. The smallest absolute Gasteiger partial charge is 0.509 e. The molecule has 5 nitrogen and oxygen atoms in total. The fourth-order valence-corrected chi connectivity index (χ4v) is 6.67. The number of fused-ring (bicyclic) bond motifs is 3. The number of unbranched alkanes of at least 4 members (excludes halogenated alkanes) is 4. The first-order chi connectivity index (χ1) is 23.5. The topological polar surface area (TPSA) is 44.9 Å². The molecule has 6 heteroatoms. The average Bonchev–Trinajstić information content (AvgIpc) is 3.65. The van der Waals surface area contributed by atoms with Gasteiger partial charge >= 0.3 is 20.4 Å². The molecule has 0 aliphatic carbocycles. The van der Waals surface area contributed by atoms with Crippen LogP contribution >= 0.6 is 0 Å². The molecule has 0 spiro atoms. The van der Waals surface area contributed by atoms with Crippen molar-refractivity contribution in [3.63, 3.8) is 0 Å². The van der Waals surface area contributed by atoms with Crippen molar-refractivity contribution in [2.24, 2.45) is 0 Å². The first-order valence-electron chi connectivity index (χ1n) is 17.3. The molecule has 0 atom stereocenters. The van der Waals surface area contributed by atoms with E-state index in [1.807, 2.05) is 30.5 Å². The fourth-order valence-electron chi connectivity index (χ4n) is 6.67. The molecule has 7 rings (SSSR count). The van der Waals surface area contributed by atoms with E-state index in [0.717, 1.165) is 57.4 Å². The van der Waals surface area contributed by atoms with Crippen molar-refractivity contribution >= 4 is 21.8 Å². The van der Waals surface area contributed by atoms with Crippen LogP contribution in [0.25, 0.3) is 44.4 Å². The molecule has 0 amide bonds. The second kappa shape index (κ2) is 15.4. The van der Waals surface area contributed by atoms with Gasteiger partial charge < -0.3 is 9.30 Å². The number of hydrogen-bond donors (Lipinski definition) is 0. The van der Waals surface area contributed by atoms with Gasteiger partial charge in [-0.15, -0.1) is 35.7 Å². The zero-order valence-electron chi connectivity index (χ0n) is 28.6. The van der Waals surface area contributed by atoms with E-state index < -0.39 is 0 Å². The molecule has 0 saturated heterocycles. The summed E-state index contributed by atoms with van der Waals surface area (Å²) in [4.78, 5) is 4.71. The van der Waals surface area contributed by atoms with Gasteiger partial charge in [0.25, 0.3) is 0 Å². The molecule has 250 valence electrons. The molecule has 7 aromatic rings. The molecule has 0 bridgehead atoms. The van der Waals surface area contributed by atoms with Crippen LogP contribution in [0.1, 0.15) is 75.7 Å². The number of ether oxygens (including phenoxy) is 1. The molecular weight excluding hydrogens is 695 g/mol. The summed E-state index contributed by atoms with van der Waals surface area (Å²) < 4.78 is 10.8. The molecule has 0 fully saturated rings. The number of aryl methyl sites for hydroxylation is 1. The van der Waals surface area contributed by atoms with Crippen LogP contribution < -0.4 is 4.74 Å². The van der Waals surface area contributed by atoms with Crippen LogP contribution in [-0.2, 0) is 26.8 Å². The Bertz CT molecular complexity index is 2180. The van der Waals surface area contributed by atoms with Crippen LogP contribution in [0, 0.1) is 19.1 Å². The molecule has 0 aliphatic rings. The fraction of sp³-hybridized carbons (Fsp3) is 0.256. The number of benzene rings is 4. The predicted octanol–water partition coefficient (Wildman–Crippen LogP) is 11.4. The van der Waals surface area contributed by atoms with Gasteiger partial charge in [-0.1, -0.05) is 101 Å². The summed E-state index contributed by atoms with van der Waals surface area (Å²) in [5, 5.41) is 7.51. The number of nitrogens with zero attached hydrogens (tertiary/aromatic N) is 4. The third-order valence-corrected chi connectivity index (χ3v) is 9.02. The van der Waals surface area contributed by atoms with Gasteiger partial charge in [0.15, 0.2) is 0 Å². The number of hydrogen-bond acceptors (Lipinski definition) is 3. The zero-order valence-corrected chi connectivity index (χ0v) is 30.2. The Morgan fingerprint density at radius 2 is 1.55 bits per heavy atom. The molecule has 0 N–H and O–H groups in total. The molecule has 0 saturated carbocycles. The largest absolute Gasteiger partial charge is 2.00 e. The average molecular weight is 737 g/mol. The van der Waals surface area contributed by atoms with Gasteiger partial charge in [0, 0.05) is 34.5 Å². The van der Waals surface area contributed by atoms with E-state index in [1.54, 1.807) is 0 Å². The van der Waals surface area contributed by atoms with Crippen molar-refractivity contribution in [1.82, 2.24) is 19.3 Å². The summed E-state index contributed by atoms with van der Waals surface area (Å²) in [6, 6.07) is 40.5. The van der Waals surface area contributed by atoms with Gasteiger partial charge in [-0.25, -0.2) is 4.98 Å².